The number of allylic oxidation sites excluding steroid dienone is 2. The standard InChI is InChI=1S/C37H37N5O3/c1-37(11-4-3-5-12-37)45-35-18-25(10-13-38-35)27-15-28-22-41(36(43)44)23-32(28)34(17-27)42-14-6-7-26-16-30(29-20-39-40(2)21-29)31(19-33(26)42)24-8-9-24/h3-5,10-11,13,15-21,24H,6-9,12,14,22-23H2,1-2H3,(H,43,44). The number of ether oxygens (including phenoxy) is 1. The number of fused-ring (bicyclic) bond motifs is 2. The van der Waals surface area contributed by atoms with Crippen molar-refractivity contribution in [3.8, 4) is 28.1 Å². The first-order valence-electron chi connectivity index (χ1n) is 15.9. The van der Waals surface area contributed by atoms with Crippen LogP contribution in [0.2, 0.25) is 0 Å². The predicted octanol–water partition coefficient (Wildman–Crippen LogP) is 7.76. The van der Waals surface area contributed by atoms with Crippen LogP contribution in [-0.4, -0.2) is 43.0 Å². The van der Waals surface area contributed by atoms with Crippen molar-refractivity contribution in [3.63, 3.8) is 0 Å². The Kier molecular flexibility index (Phi) is 6.55. The highest BCUT2D eigenvalue weighted by molar-refractivity contribution is 5.82. The van der Waals surface area contributed by atoms with E-state index in [1.807, 2.05) is 42.2 Å². The molecule has 4 heterocycles. The third-order valence-corrected chi connectivity index (χ3v) is 9.62. The molecule has 0 radical (unpaired) electrons. The summed E-state index contributed by atoms with van der Waals surface area (Å²) in [4.78, 5) is 20.6. The number of aromatic nitrogens is 3. The smallest absolute Gasteiger partial charge is 0.407 e. The van der Waals surface area contributed by atoms with Crippen LogP contribution >= 0.6 is 0 Å². The number of rotatable bonds is 6. The first-order valence-corrected chi connectivity index (χ1v) is 15.9. The number of benzene rings is 2. The van der Waals surface area contributed by atoms with Gasteiger partial charge in [0.1, 0.15) is 5.60 Å². The van der Waals surface area contributed by atoms with Crippen molar-refractivity contribution in [3.05, 3.63) is 102 Å². The Bertz CT molecular complexity index is 1890. The highest BCUT2D eigenvalue weighted by Crippen LogP contribution is 2.49. The van der Waals surface area contributed by atoms with Crippen LogP contribution in [0.4, 0.5) is 16.2 Å². The average Bonchev–Trinajstić information content (AvgIpc) is 3.64. The van der Waals surface area contributed by atoms with Crippen LogP contribution < -0.4 is 9.64 Å². The Hall–Kier alpha value is -4.85. The number of carbonyl (C=O) groups is 1. The van der Waals surface area contributed by atoms with Gasteiger partial charge >= 0.3 is 6.09 Å². The van der Waals surface area contributed by atoms with Crippen LogP contribution in [0, 0.1) is 0 Å². The van der Waals surface area contributed by atoms with Crippen LogP contribution in [-0.2, 0) is 26.6 Å². The molecule has 8 rings (SSSR count). The molecule has 1 fully saturated rings. The molecule has 4 aliphatic rings. The van der Waals surface area contributed by atoms with Crippen LogP contribution in [0.5, 0.6) is 5.88 Å². The second-order valence-corrected chi connectivity index (χ2v) is 13.1. The fraction of sp³-hybridized carbons (Fsp3) is 0.324. The molecule has 2 aliphatic carbocycles. The summed E-state index contributed by atoms with van der Waals surface area (Å²) in [6.07, 6.45) is 18.5. The fourth-order valence-corrected chi connectivity index (χ4v) is 7.14. The zero-order valence-corrected chi connectivity index (χ0v) is 25.7. The Morgan fingerprint density at radius 3 is 2.67 bits per heavy atom. The maximum Gasteiger partial charge on any atom is 0.407 e. The summed E-state index contributed by atoms with van der Waals surface area (Å²) in [5.41, 5.74) is 11.3. The molecule has 0 bridgehead atoms. The molecule has 4 aromatic rings. The maximum absolute atomic E-state index is 12.1. The van der Waals surface area contributed by atoms with Gasteiger partial charge in [-0.3, -0.25) is 9.58 Å². The highest BCUT2D eigenvalue weighted by atomic mass is 16.5. The molecule has 228 valence electrons. The van der Waals surface area contributed by atoms with E-state index in [-0.39, 0.29) is 0 Å². The number of aryl methyl sites for hydroxylation is 2. The molecule has 1 unspecified atom stereocenters. The van der Waals surface area contributed by atoms with E-state index in [4.69, 9.17) is 4.74 Å². The lowest BCUT2D eigenvalue weighted by Gasteiger charge is -2.34. The van der Waals surface area contributed by atoms with E-state index in [1.54, 1.807) is 6.20 Å². The van der Waals surface area contributed by atoms with Crippen LogP contribution in [0.15, 0.2) is 79.3 Å². The van der Waals surface area contributed by atoms with Crippen molar-refractivity contribution in [1.29, 1.82) is 0 Å². The lowest BCUT2D eigenvalue weighted by Crippen LogP contribution is -2.30. The Morgan fingerprint density at radius 1 is 1.02 bits per heavy atom. The normalized spacial score (nSPS) is 20.3. The van der Waals surface area contributed by atoms with Crippen LogP contribution in [0.3, 0.4) is 0 Å². The number of nitrogens with zero attached hydrogens (tertiary/aromatic N) is 5. The number of carboxylic acid groups (broad SMARTS) is 1. The van der Waals surface area contributed by atoms with E-state index in [2.05, 4.69) is 64.5 Å². The molecule has 0 spiro atoms. The average molecular weight is 600 g/mol. The summed E-state index contributed by atoms with van der Waals surface area (Å²) in [6.45, 7) is 3.72. The molecule has 2 aromatic carbocycles. The van der Waals surface area contributed by atoms with Gasteiger partial charge in [-0.1, -0.05) is 18.2 Å². The second-order valence-electron chi connectivity index (χ2n) is 13.1. The minimum absolute atomic E-state index is 0.378. The predicted molar refractivity (Wildman–Crippen MR) is 175 cm³/mol. The highest BCUT2D eigenvalue weighted by Gasteiger charge is 2.33. The molecule has 1 amide bonds. The summed E-state index contributed by atoms with van der Waals surface area (Å²) < 4.78 is 8.25. The fourth-order valence-electron chi connectivity index (χ4n) is 7.14. The number of hydrogen-bond acceptors (Lipinski definition) is 5. The van der Waals surface area contributed by atoms with Crippen molar-refractivity contribution in [1.82, 2.24) is 19.7 Å². The lowest BCUT2D eigenvalue weighted by molar-refractivity contribution is 0.136. The van der Waals surface area contributed by atoms with Crippen LogP contribution in [0.1, 0.15) is 60.8 Å². The molecule has 1 saturated carbocycles. The third kappa shape index (κ3) is 5.18. The Balaban J connectivity index is 1.22. The van der Waals surface area contributed by atoms with Crippen molar-refractivity contribution < 1.29 is 14.6 Å². The Labute approximate surface area is 263 Å². The molecule has 8 heteroatoms. The van der Waals surface area contributed by atoms with E-state index in [0.29, 0.717) is 24.9 Å². The molecular formula is C37H37N5O3. The molecule has 8 nitrogen and oxygen atoms in total. The number of hydrogen-bond donors (Lipinski definition) is 1. The van der Waals surface area contributed by atoms with Gasteiger partial charge in [-0.2, -0.15) is 5.10 Å². The van der Waals surface area contributed by atoms with E-state index in [9.17, 15) is 9.90 Å². The van der Waals surface area contributed by atoms with Crippen LogP contribution in [0.25, 0.3) is 22.3 Å². The monoisotopic (exact) mass is 599 g/mol. The van der Waals surface area contributed by atoms with E-state index < -0.39 is 11.7 Å². The van der Waals surface area contributed by atoms with E-state index in [0.717, 1.165) is 53.7 Å². The first-order chi connectivity index (χ1) is 21.8. The van der Waals surface area contributed by atoms with Gasteiger partial charge in [-0.25, -0.2) is 9.78 Å². The van der Waals surface area contributed by atoms with Gasteiger partial charge in [0.05, 0.1) is 12.7 Å². The van der Waals surface area contributed by atoms with E-state index >= 15 is 0 Å². The molecule has 0 saturated heterocycles. The lowest BCUT2D eigenvalue weighted by atomic mass is 9.90. The number of anilines is 2. The molecule has 1 N–H and O–H groups in total. The second kappa shape index (κ2) is 10.6. The molecule has 1 atom stereocenters. The zero-order chi connectivity index (χ0) is 30.7. The SMILES string of the molecule is Cn1cc(-c2cc3c(cc2C2CC2)N(c2cc(-c4ccnc(OC5(C)C=CC=CC5)c4)cc4c2CN(C(=O)O)C4)CCC3)cn1. The first kappa shape index (κ1) is 27.7. The van der Waals surface area contributed by atoms with E-state index in [1.165, 1.54) is 45.7 Å². The summed E-state index contributed by atoms with van der Waals surface area (Å²) >= 11 is 0. The largest absolute Gasteiger partial charge is 0.467 e. The number of pyridine rings is 1. The van der Waals surface area contributed by atoms with Gasteiger partial charge < -0.3 is 14.7 Å². The maximum atomic E-state index is 12.1. The van der Waals surface area contributed by atoms with Crippen molar-refractivity contribution in [2.45, 2.75) is 63.6 Å². The topological polar surface area (TPSA) is 83.7 Å². The molecular weight excluding hydrogens is 562 g/mol. The minimum Gasteiger partial charge on any atom is -0.467 e. The van der Waals surface area contributed by atoms with Gasteiger partial charge in [0, 0.05) is 67.5 Å². The Morgan fingerprint density at radius 2 is 1.91 bits per heavy atom. The summed E-state index contributed by atoms with van der Waals surface area (Å²) in [5, 5.41) is 14.4. The van der Waals surface area contributed by atoms with Gasteiger partial charge in [0.15, 0.2) is 0 Å². The van der Waals surface area contributed by atoms with Gasteiger partial charge in [-0.05, 0) is 108 Å². The van der Waals surface area contributed by atoms with Gasteiger partial charge in [0.2, 0.25) is 5.88 Å². The number of amides is 1. The van der Waals surface area contributed by atoms with Crippen molar-refractivity contribution >= 4 is 17.5 Å². The summed E-state index contributed by atoms with van der Waals surface area (Å²) in [7, 11) is 1.97. The quantitative estimate of drug-likeness (QED) is 0.244. The zero-order valence-electron chi connectivity index (χ0n) is 25.7. The third-order valence-electron chi connectivity index (χ3n) is 9.62. The summed E-state index contributed by atoms with van der Waals surface area (Å²) in [6, 6.07) is 13.2. The molecule has 2 aliphatic heterocycles. The van der Waals surface area contributed by atoms with Gasteiger partial charge in [0.25, 0.3) is 0 Å². The minimum atomic E-state index is -0.891. The molecule has 2 aromatic heterocycles. The van der Waals surface area contributed by atoms with Gasteiger partial charge in [-0.15, -0.1) is 0 Å². The molecule has 45 heavy (non-hydrogen) atoms. The summed E-state index contributed by atoms with van der Waals surface area (Å²) in [5.74, 6) is 1.14. The van der Waals surface area contributed by atoms with Crippen molar-refractivity contribution in [2.24, 2.45) is 7.05 Å². The van der Waals surface area contributed by atoms with Crippen molar-refractivity contribution in [2.75, 3.05) is 11.4 Å².